The lowest BCUT2D eigenvalue weighted by molar-refractivity contribution is -0.128. The fourth-order valence-electron chi connectivity index (χ4n) is 1.75. The Morgan fingerprint density at radius 1 is 1.47 bits per heavy atom. The van der Waals surface area contributed by atoms with Crippen LogP contribution in [0.15, 0.2) is 16.6 Å². The molecule has 104 valence electrons. The minimum atomic E-state index is 0.0855. The molecule has 1 heterocycles. The van der Waals surface area contributed by atoms with Gasteiger partial charge in [-0.05, 0) is 40.5 Å². The van der Waals surface area contributed by atoms with Gasteiger partial charge in [0.2, 0.25) is 12.7 Å². The molecule has 19 heavy (non-hydrogen) atoms. The second kappa shape index (κ2) is 6.25. The molecule has 0 aliphatic carbocycles. The summed E-state index contributed by atoms with van der Waals surface area (Å²) in [4.78, 5) is 13.3. The van der Waals surface area contributed by atoms with Gasteiger partial charge in [0.1, 0.15) is 0 Å². The smallest absolute Gasteiger partial charge is 0.236 e. The molecule has 0 saturated heterocycles. The standard InChI is InChI=1S/C13H17BrN2O3/c1-3-16(2)12(17)7-15-6-9-4-10(14)13-11(5-9)18-8-19-13/h4-5,15H,3,6-8H2,1-2H3. The van der Waals surface area contributed by atoms with Crippen molar-refractivity contribution in [2.24, 2.45) is 0 Å². The summed E-state index contributed by atoms with van der Waals surface area (Å²) >= 11 is 3.45. The Kier molecular flexibility index (Phi) is 4.66. The van der Waals surface area contributed by atoms with Crippen LogP contribution >= 0.6 is 15.9 Å². The molecule has 1 aliphatic rings. The molecule has 0 saturated carbocycles. The van der Waals surface area contributed by atoms with Crippen LogP contribution in [0, 0.1) is 0 Å². The number of carbonyl (C=O) groups excluding carboxylic acids is 1. The highest BCUT2D eigenvalue weighted by atomic mass is 79.9. The summed E-state index contributed by atoms with van der Waals surface area (Å²) in [6, 6.07) is 3.89. The predicted octanol–water partition coefficient (Wildman–Crippen LogP) is 1.75. The van der Waals surface area contributed by atoms with Crippen LogP contribution in [0.4, 0.5) is 0 Å². The highest BCUT2D eigenvalue weighted by Crippen LogP contribution is 2.39. The minimum absolute atomic E-state index is 0.0855. The van der Waals surface area contributed by atoms with Gasteiger partial charge >= 0.3 is 0 Å². The number of benzene rings is 1. The number of fused-ring (bicyclic) bond motifs is 1. The van der Waals surface area contributed by atoms with Crippen molar-refractivity contribution in [1.82, 2.24) is 10.2 Å². The number of halogens is 1. The van der Waals surface area contributed by atoms with Gasteiger partial charge in [0.25, 0.3) is 0 Å². The molecule has 6 heteroatoms. The molecule has 0 bridgehead atoms. The fourth-order valence-corrected chi connectivity index (χ4v) is 2.35. The monoisotopic (exact) mass is 328 g/mol. The van der Waals surface area contributed by atoms with Gasteiger partial charge in [-0.1, -0.05) is 0 Å². The molecule has 0 unspecified atom stereocenters. The lowest BCUT2D eigenvalue weighted by atomic mass is 10.2. The Morgan fingerprint density at radius 3 is 3.00 bits per heavy atom. The molecule has 1 N–H and O–H groups in total. The van der Waals surface area contributed by atoms with E-state index in [0.29, 0.717) is 13.1 Å². The summed E-state index contributed by atoms with van der Waals surface area (Å²) in [6.07, 6.45) is 0. The Balaban J connectivity index is 1.90. The zero-order chi connectivity index (χ0) is 13.8. The van der Waals surface area contributed by atoms with Crippen molar-refractivity contribution < 1.29 is 14.3 Å². The number of likely N-dealkylation sites (N-methyl/N-ethyl adjacent to an activating group) is 1. The first-order valence-electron chi connectivity index (χ1n) is 6.14. The van der Waals surface area contributed by atoms with Crippen molar-refractivity contribution in [1.29, 1.82) is 0 Å². The number of nitrogens with one attached hydrogen (secondary N) is 1. The second-order valence-electron chi connectivity index (χ2n) is 4.32. The van der Waals surface area contributed by atoms with Gasteiger partial charge in [0.15, 0.2) is 11.5 Å². The molecular formula is C13H17BrN2O3. The second-order valence-corrected chi connectivity index (χ2v) is 5.18. The highest BCUT2D eigenvalue weighted by Gasteiger charge is 2.17. The van der Waals surface area contributed by atoms with E-state index >= 15 is 0 Å². The van der Waals surface area contributed by atoms with Crippen LogP contribution in [0.5, 0.6) is 11.5 Å². The third-order valence-corrected chi connectivity index (χ3v) is 3.58. The maximum Gasteiger partial charge on any atom is 0.236 e. The molecule has 1 aromatic rings. The first-order valence-corrected chi connectivity index (χ1v) is 6.93. The maximum absolute atomic E-state index is 11.6. The summed E-state index contributed by atoms with van der Waals surface area (Å²) in [7, 11) is 1.79. The summed E-state index contributed by atoms with van der Waals surface area (Å²) in [5.41, 5.74) is 1.04. The normalized spacial score (nSPS) is 12.6. The third-order valence-electron chi connectivity index (χ3n) is 2.99. The molecule has 2 rings (SSSR count). The van der Waals surface area contributed by atoms with Gasteiger partial charge in [-0.25, -0.2) is 0 Å². The van der Waals surface area contributed by atoms with Crippen LogP contribution in [-0.4, -0.2) is 37.7 Å². The zero-order valence-electron chi connectivity index (χ0n) is 11.0. The van der Waals surface area contributed by atoms with Gasteiger partial charge < -0.3 is 19.7 Å². The summed E-state index contributed by atoms with van der Waals surface area (Å²) < 4.78 is 11.5. The van der Waals surface area contributed by atoms with E-state index in [4.69, 9.17) is 9.47 Å². The van der Waals surface area contributed by atoms with Gasteiger partial charge in [0, 0.05) is 20.1 Å². The van der Waals surface area contributed by atoms with E-state index in [2.05, 4.69) is 21.2 Å². The molecule has 1 aliphatic heterocycles. The topological polar surface area (TPSA) is 50.8 Å². The average molecular weight is 329 g/mol. The minimum Gasteiger partial charge on any atom is -0.454 e. The van der Waals surface area contributed by atoms with Crippen molar-refractivity contribution >= 4 is 21.8 Å². The van der Waals surface area contributed by atoms with Crippen LogP contribution in [0.3, 0.4) is 0 Å². The van der Waals surface area contributed by atoms with Gasteiger partial charge in [-0.15, -0.1) is 0 Å². The van der Waals surface area contributed by atoms with E-state index in [9.17, 15) is 4.79 Å². The van der Waals surface area contributed by atoms with Crippen molar-refractivity contribution in [3.8, 4) is 11.5 Å². The van der Waals surface area contributed by atoms with Crippen LogP contribution in [0.1, 0.15) is 12.5 Å². The number of hydrogen-bond donors (Lipinski definition) is 1. The number of rotatable bonds is 5. The van der Waals surface area contributed by atoms with Crippen LogP contribution < -0.4 is 14.8 Å². The van der Waals surface area contributed by atoms with Gasteiger partial charge in [0.05, 0.1) is 11.0 Å². The third kappa shape index (κ3) is 3.39. The molecule has 1 amide bonds. The first-order chi connectivity index (χ1) is 9.11. The van der Waals surface area contributed by atoms with E-state index < -0.39 is 0 Å². The molecular weight excluding hydrogens is 312 g/mol. The molecule has 0 atom stereocenters. The quantitative estimate of drug-likeness (QED) is 0.894. The van der Waals surface area contributed by atoms with Crippen LogP contribution in [0.25, 0.3) is 0 Å². The summed E-state index contributed by atoms with van der Waals surface area (Å²) in [5, 5.41) is 3.13. The molecule has 0 fully saturated rings. The van der Waals surface area contributed by atoms with Crippen molar-refractivity contribution in [3.05, 3.63) is 22.2 Å². The summed E-state index contributed by atoms with van der Waals surface area (Å²) in [5.74, 6) is 1.57. The number of carbonyl (C=O) groups is 1. The Labute approximate surface area is 121 Å². The molecule has 0 aromatic heterocycles. The lowest BCUT2D eigenvalue weighted by Crippen LogP contribution is -2.35. The Bertz CT molecular complexity index is 479. The van der Waals surface area contributed by atoms with Crippen LogP contribution in [-0.2, 0) is 11.3 Å². The van der Waals surface area contributed by atoms with E-state index in [0.717, 1.165) is 28.1 Å². The van der Waals surface area contributed by atoms with Crippen molar-refractivity contribution in [2.75, 3.05) is 26.9 Å². The SMILES string of the molecule is CCN(C)C(=O)CNCc1cc(Br)c2c(c1)OCO2. The van der Waals surface area contributed by atoms with Gasteiger partial charge in [-0.2, -0.15) is 0 Å². The molecule has 0 radical (unpaired) electrons. The average Bonchev–Trinajstić information content (AvgIpc) is 2.86. The summed E-state index contributed by atoms with van der Waals surface area (Å²) in [6.45, 7) is 3.86. The highest BCUT2D eigenvalue weighted by molar-refractivity contribution is 9.10. The molecule has 5 nitrogen and oxygen atoms in total. The number of ether oxygens (including phenoxy) is 2. The van der Waals surface area contributed by atoms with E-state index in [1.54, 1.807) is 11.9 Å². The van der Waals surface area contributed by atoms with Crippen LogP contribution in [0.2, 0.25) is 0 Å². The van der Waals surface area contributed by atoms with Gasteiger partial charge in [-0.3, -0.25) is 4.79 Å². The largest absolute Gasteiger partial charge is 0.454 e. The molecule has 1 aromatic carbocycles. The number of amides is 1. The predicted molar refractivity (Wildman–Crippen MR) is 75.3 cm³/mol. The Hall–Kier alpha value is -1.27. The zero-order valence-corrected chi connectivity index (χ0v) is 12.6. The van der Waals surface area contributed by atoms with E-state index in [1.807, 2.05) is 19.1 Å². The molecule has 0 spiro atoms. The van der Waals surface area contributed by atoms with Crippen molar-refractivity contribution in [3.63, 3.8) is 0 Å². The first kappa shape index (κ1) is 14.1. The van der Waals surface area contributed by atoms with E-state index in [-0.39, 0.29) is 12.7 Å². The Morgan fingerprint density at radius 2 is 2.26 bits per heavy atom. The number of nitrogens with zero attached hydrogens (tertiary/aromatic N) is 1. The lowest BCUT2D eigenvalue weighted by Gasteiger charge is -2.14. The van der Waals surface area contributed by atoms with Crippen molar-refractivity contribution in [2.45, 2.75) is 13.5 Å². The number of hydrogen-bond acceptors (Lipinski definition) is 4. The van der Waals surface area contributed by atoms with E-state index in [1.165, 1.54) is 0 Å². The maximum atomic E-state index is 11.6. The fraction of sp³-hybridized carbons (Fsp3) is 0.462.